The molecule has 0 aromatic heterocycles. The summed E-state index contributed by atoms with van der Waals surface area (Å²) in [5, 5.41) is 0. The molecule has 4 nitrogen and oxygen atoms in total. The molecule has 15 heavy (non-hydrogen) atoms. The average molecular weight is 213 g/mol. The number of hydrogen-bond acceptors (Lipinski definition) is 4. The van der Waals surface area contributed by atoms with Crippen molar-refractivity contribution in [1.29, 1.82) is 0 Å². The number of halogens is 1. The number of hydrogen-bond donors (Lipinski definition) is 1. The molecular weight excluding hydrogens is 201 g/mol. The van der Waals surface area contributed by atoms with Gasteiger partial charge in [-0.05, 0) is 17.7 Å². The molecule has 0 radical (unpaired) electrons. The van der Waals surface area contributed by atoms with Crippen LogP contribution in [0.5, 0.6) is 5.75 Å². The van der Waals surface area contributed by atoms with Gasteiger partial charge in [0.05, 0.1) is 26.3 Å². The van der Waals surface area contributed by atoms with Gasteiger partial charge in [0.15, 0.2) is 11.6 Å². The van der Waals surface area contributed by atoms with Gasteiger partial charge in [-0.3, -0.25) is 4.79 Å². The number of rotatable bonds is 3. The van der Waals surface area contributed by atoms with Crippen molar-refractivity contribution in [2.75, 3.05) is 20.0 Å². The summed E-state index contributed by atoms with van der Waals surface area (Å²) in [6.45, 7) is 0. The van der Waals surface area contributed by atoms with E-state index in [2.05, 4.69) is 4.74 Å². The number of nitrogens with two attached hydrogens (primary N) is 1. The first-order valence-electron chi connectivity index (χ1n) is 4.27. The van der Waals surface area contributed by atoms with E-state index < -0.39 is 11.8 Å². The molecule has 0 atom stereocenters. The van der Waals surface area contributed by atoms with Gasteiger partial charge >= 0.3 is 5.97 Å². The minimum atomic E-state index is -0.587. The average Bonchev–Trinajstić information content (AvgIpc) is 2.17. The van der Waals surface area contributed by atoms with E-state index in [0.717, 1.165) is 0 Å². The smallest absolute Gasteiger partial charge is 0.309 e. The molecule has 0 bridgehead atoms. The summed E-state index contributed by atoms with van der Waals surface area (Å²) < 4.78 is 22.5. The summed E-state index contributed by atoms with van der Waals surface area (Å²) in [5.74, 6) is -1.04. The maximum absolute atomic E-state index is 13.3. The quantitative estimate of drug-likeness (QED) is 0.604. The van der Waals surface area contributed by atoms with Crippen LogP contribution in [-0.2, 0) is 16.0 Å². The number of ether oxygens (including phenoxy) is 2. The third-order valence-corrected chi connectivity index (χ3v) is 1.91. The van der Waals surface area contributed by atoms with Crippen molar-refractivity contribution in [3.63, 3.8) is 0 Å². The Balaban J connectivity index is 2.98. The van der Waals surface area contributed by atoms with Crippen molar-refractivity contribution in [3.05, 3.63) is 23.5 Å². The van der Waals surface area contributed by atoms with Crippen molar-refractivity contribution in [2.24, 2.45) is 0 Å². The van der Waals surface area contributed by atoms with Crippen molar-refractivity contribution < 1.29 is 18.7 Å². The Morgan fingerprint density at radius 3 is 2.60 bits per heavy atom. The number of carbonyl (C=O) groups is 1. The van der Waals surface area contributed by atoms with Crippen LogP contribution in [0.3, 0.4) is 0 Å². The third kappa shape index (κ3) is 2.59. The van der Waals surface area contributed by atoms with Crippen LogP contribution in [0, 0.1) is 5.82 Å². The number of anilines is 1. The van der Waals surface area contributed by atoms with E-state index in [0.29, 0.717) is 5.56 Å². The molecule has 1 aromatic carbocycles. The molecule has 0 amide bonds. The van der Waals surface area contributed by atoms with Crippen LogP contribution in [0.15, 0.2) is 12.1 Å². The van der Waals surface area contributed by atoms with Gasteiger partial charge in [0.25, 0.3) is 0 Å². The first-order chi connectivity index (χ1) is 7.08. The lowest BCUT2D eigenvalue weighted by Crippen LogP contribution is -2.06. The Labute approximate surface area is 86.8 Å². The number of esters is 1. The summed E-state index contributed by atoms with van der Waals surface area (Å²) >= 11 is 0. The van der Waals surface area contributed by atoms with Gasteiger partial charge in [-0.15, -0.1) is 0 Å². The Kier molecular flexibility index (Phi) is 3.49. The fraction of sp³-hybridized carbons (Fsp3) is 0.300. The van der Waals surface area contributed by atoms with Gasteiger partial charge in [-0.25, -0.2) is 4.39 Å². The van der Waals surface area contributed by atoms with Crippen LogP contribution < -0.4 is 10.5 Å². The number of nitrogen functional groups attached to an aromatic ring is 1. The summed E-state index contributed by atoms with van der Waals surface area (Å²) in [6.07, 6.45) is -0.0123. The lowest BCUT2D eigenvalue weighted by molar-refractivity contribution is -0.139. The van der Waals surface area contributed by atoms with E-state index >= 15 is 0 Å². The van der Waals surface area contributed by atoms with Gasteiger partial charge < -0.3 is 15.2 Å². The third-order valence-electron chi connectivity index (χ3n) is 1.91. The molecule has 0 unspecified atom stereocenters. The Morgan fingerprint density at radius 2 is 2.13 bits per heavy atom. The van der Waals surface area contributed by atoms with Crippen molar-refractivity contribution >= 4 is 11.7 Å². The Bertz CT molecular complexity index is 356. The lowest BCUT2D eigenvalue weighted by atomic mass is 10.1. The van der Waals surface area contributed by atoms with Crippen molar-refractivity contribution in [3.8, 4) is 5.75 Å². The molecule has 0 aliphatic rings. The van der Waals surface area contributed by atoms with E-state index in [1.54, 1.807) is 0 Å². The number of benzene rings is 1. The maximum Gasteiger partial charge on any atom is 0.309 e. The molecule has 0 heterocycles. The number of methoxy groups -OCH3 is 2. The van der Waals surface area contributed by atoms with E-state index in [1.165, 1.54) is 26.4 Å². The molecule has 0 saturated heterocycles. The van der Waals surface area contributed by atoms with Gasteiger partial charge in [0.2, 0.25) is 0 Å². The van der Waals surface area contributed by atoms with Crippen LogP contribution in [0.25, 0.3) is 0 Å². The van der Waals surface area contributed by atoms with Gasteiger partial charge in [0, 0.05) is 0 Å². The predicted octanol–water partition coefficient (Wildman–Crippen LogP) is 1.13. The Morgan fingerprint density at radius 1 is 1.47 bits per heavy atom. The predicted molar refractivity (Wildman–Crippen MR) is 53.1 cm³/mol. The Hall–Kier alpha value is -1.78. The zero-order valence-electron chi connectivity index (χ0n) is 8.54. The van der Waals surface area contributed by atoms with Crippen LogP contribution >= 0.6 is 0 Å². The van der Waals surface area contributed by atoms with E-state index in [-0.39, 0.29) is 17.9 Å². The molecular formula is C10H12FNO3. The molecule has 5 heteroatoms. The van der Waals surface area contributed by atoms with Crippen LogP contribution in [-0.4, -0.2) is 20.2 Å². The highest BCUT2D eigenvalue weighted by atomic mass is 19.1. The van der Waals surface area contributed by atoms with Crippen LogP contribution in [0.2, 0.25) is 0 Å². The second-order valence-corrected chi connectivity index (χ2v) is 2.95. The van der Waals surface area contributed by atoms with E-state index in [1.807, 2.05) is 0 Å². The highest BCUT2D eigenvalue weighted by Crippen LogP contribution is 2.26. The normalized spacial score (nSPS) is 9.80. The van der Waals surface area contributed by atoms with Crippen LogP contribution in [0.4, 0.5) is 10.1 Å². The molecule has 82 valence electrons. The zero-order chi connectivity index (χ0) is 11.4. The lowest BCUT2D eigenvalue weighted by Gasteiger charge is -2.08. The van der Waals surface area contributed by atoms with Gasteiger partial charge in [-0.2, -0.15) is 0 Å². The van der Waals surface area contributed by atoms with Gasteiger partial charge in [-0.1, -0.05) is 0 Å². The highest BCUT2D eigenvalue weighted by molar-refractivity contribution is 5.73. The molecule has 0 spiro atoms. The summed E-state index contributed by atoms with van der Waals surface area (Å²) in [6, 6.07) is 2.69. The fourth-order valence-corrected chi connectivity index (χ4v) is 1.23. The second-order valence-electron chi connectivity index (χ2n) is 2.95. The SMILES string of the molecule is COC(=O)Cc1cc(N)c(OC)c(F)c1. The standard InChI is InChI=1S/C10H12FNO3/c1-14-9(13)5-6-3-7(11)10(15-2)8(12)4-6/h3-4H,5,12H2,1-2H3. The molecule has 0 aliphatic heterocycles. The topological polar surface area (TPSA) is 61.5 Å². The molecule has 0 fully saturated rings. The minimum absolute atomic E-state index is 0.0105. The largest absolute Gasteiger partial charge is 0.492 e. The highest BCUT2D eigenvalue weighted by Gasteiger charge is 2.11. The fourth-order valence-electron chi connectivity index (χ4n) is 1.23. The molecule has 1 rings (SSSR count). The van der Waals surface area contributed by atoms with E-state index in [9.17, 15) is 9.18 Å². The first kappa shape index (κ1) is 11.3. The van der Waals surface area contributed by atoms with Crippen molar-refractivity contribution in [1.82, 2.24) is 0 Å². The first-order valence-corrected chi connectivity index (χ1v) is 4.27. The minimum Gasteiger partial charge on any atom is -0.492 e. The van der Waals surface area contributed by atoms with E-state index in [4.69, 9.17) is 10.5 Å². The summed E-state index contributed by atoms with van der Waals surface area (Å²) in [4.78, 5) is 10.9. The summed E-state index contributed by atoms with van der Waals surface area (Å²) in [7, 11) is 2.60. The molecule has 0 saturated carbocycles. The second kappa shape index (κ2) is 4.63. The van der Waals surface area contributed by atoms with Gasteiger partial charge in [0.1, 0.15) is 0 Å². The molecule has 0 aliphatic carbocycles. The van der Waals surface area contributed by atoms with Crippen LogP contribution in [0.1, 0.15) is 5.56 Å². The zero-order valence-corrected chi connectivity index (χ0v) is 8.54. The summed E-state index contributed by atoms with van der Waals surface area (Å²) in [5.41, 5.74) is 6.15. The number of carbonyl (C=O) groups excluding carboxylic acids is 1. The monoisotopic (exact) mass is 213 g/mol. The van der Waals surface area contributed by atoms with Crippen molar-refractivity contribution in [2.45, 2.75) is 6.42 Å². The molecule has 1 aromatic rings. The molecule has 2 N–H and O–H groups in total. The maximum atomic E-state index is 13.3.